The van der Waals surface area contributed by atoms with E-state index in [9.17, 15) is 14.7 Å². The normalized spacial score (nSPS) is 12.3. The number of likely N-dealkylation sites (N-methyl/N-ethyl adjacent to an activating group) is 1. The monoisotopic (exact) mass is 834 g/mol. The zero-order chi connectivity index (χ0) is 39.4. The second kappa shape index (κ2) is 37.5. The molecule has 1 unspecified atom stereocenters. The van der Waals surface area contributed by atoms with E-state index in [4.69, 9.17) is 9.47 Å². The summed E-state index contributed by atoms with van der Waals surface area (Å²) in [4.78, 5) is 25.6. The number of carbonyl (C=O) groups is 2. The van der Waals surface area contributed by atoms with Crippen molar-refractivity contribution in [1.82, 2.24) is 0 Å². The van der Waals surface area contributed by atoms with E-state index in [-0.39, 0.29) is 41.3 Å². The zero-order valence-corrected chi connectivity index (χ0v) is 37.6. The maximum absolute atomic E-state index is 12.9. The van der Waals surface area contributed by atoms with Gasteiger partial charge in [-0.25, -0.2) is 0 Å². The lowest BCUT2D eigenvalue weighted by atomic mass is 10.1. The van der Waals surface area contributed by atoms with Crippen LogP contribution in [0.15, 0.2) is 48.6 Å². The Hall–Kier alpha value is -2.12. The topological polar surface area (TPSA) is 72.8 Å². The molecule has 0 aliphatic carbocycles. The van der Waals surface area contributed by atoms with Gasteiger partial charge in [-0.15, -0.1) is 0 Å². The van der Waals surface area contributed by atoms with E-state index < -0.39 is 6.10 Å². The summed E-state index contributed by atoms with van der Waals surface area (Å²) >= 11 is 0. The molecule has 6 nitrogen and oxygen atoms in total. The molecule has 1 aromatic rings. The van der Waals surface area contributed by atoms with E-state index in [1.54, 1.807) is 12.1 Å². The van der Waals surface area contributed by atoms with Crippen LogP contribution >= 0.6 is 0 Å². The highest BCUT2D eigenvalue weighted by Gasteiger charge is 2.27. The standard InChI is InChI=1S/C48H83NO5.BrH/c1-5-7-9-11-13-15-17-19-21-23-25-27-29-31-33-35-47(51)53-43-46(42-49(3,4)41-44-37-39-45(50)40-38-44)54-48(52)36-34-32-30-28-26-24-22-20-18-16-14-12-10-8-6-2;/h19-22,37-40,46H,5-18,23-36,41-43H2,1-4H3;1H/b21-19-,22-20-;. The molecule has 0 amide bonds. The summed E-state index contributed by atoms with van der Waals surface area (Å²) in [5.74, 6) is -0.185. The summed E-state index contributed by atoms with van der Waals surface area (Å²) in [7, 11) is 4.18. The molecule has 0 saturated heterocycles. The van der Waals surface area contributed by atoms with Gasteiger partial charge in [-0.3, -0.25) is 9.59 Å². The van der Waals surface area contributed by atoms with Gasteiger partial charge in [0.2, 0.25) is 0 Å². The minimum absolute atomic E-state index is 0. The molecule has 1 rings (SSSR count). The van der Waals surface area contributed by atoms with E-state index >= 15 is 0 Å². The Bertz CT molecular complexity index is 1090. The largest absolute Gasteiger partial charge is 1.00 e. The molecule has 318 valence electrons. The van der Waals surface area contributed by atoms with Crippen molar-refractivity contribution in [3.8, 4) is 5.75 Å². The number of phenolic OH excluding ortho intramolecular Hbond substituents is 1. The van der Waals surface area contributed by atoms with Crippen LogP contribution in [0.25, 0.3) is 0 Å². The first-order valence-corrected chi connectivity index (χ1v) is 22.5. The predicted octanol–water partition coefficient (Wildman–Crippen LogP) is 10.5. The van der Waals surface area contributed by atoms with Crippen molar-refractivity contribution in [2.45, 2.75) is 206 Å². The van der Waals surface area contributed by atoms with Crippen LogP contribution in [0, 0.1) is 0 Å². The molecule has 0 saturated carbocycles. The number of aromatic hydroxyl groups is 1. The average molecular weight is 835 g/mol. The highest BCUT2D eigenvalue weighted by Crippen LogP contribution is 2.17. The van der Waals surface area contributed by atoms with E-state index in [1.165, 1.54) is 116 Å². The fourth-order valence-electron chi connectivity index (χ4n) is 7.02. The Morgan fingerprint density at radius 1 is 0.582 bits per heavy atom. The van der Waals surface area contributed by atoms with Gasteiger partial charge in [0.15, 0.2) is 6.10 Å². The lowest BCUT2D eigenvalue weighted by Gasteiger charge is -2.33. The smallest absolute Gasteiger partial charge is 0.306 e. The molecule has 7 heteroatoms. The fourth-order valence-corrected chi connectivity index (χ4v) is 7.02. The Morgan fingerprint density at radius 2 is 0.964 bits per heavy atom. The maximum Gasteiger partial charge on any atom is 0.306 e. The predicted molar refractivity (Wildman–Crippen MR) is 229 cm³/mol. The Balaban J connectivity index is 0.0000292. The zero-order valence-electron chi connectivity index (χ0n) is 36.0. The van der Waals surface area contributed by atoms with Gasteiger partial charge in [-0.2, -0.15) is 0 Å². The van der Waals surface area contributed by atoms with E-state index in [0.717, 1.165) is 56.9 Å². The Labute approximate surface area is 349 Å². The van der Waals surface area contributed by atoms with Crippen molar-refractivity contribution < 1.29 is 45.6 Å². The van der Waals surface area contributed by atoms with E-state index in [0.29, 0.717) is 30.4 Å². The van der Waals surface area contributed by atoms with Gasteiger partial charge < -0.3 is 36.0 Å². The number of nitrogens with zero attached hydrogens (tertiary/aromatic N) is 1. The molecule has 0 fully saturated rings. The minimum Gasteiger partial charge on any atom is -1.00 e. The van der Waals surface area contributed by atoms with Crippen molar-refractivity contribution in [1.29, 1.82) is 0 Å². The molecule has 1 aromatic carbocycles. The van der Waals surface area contributed by atoms with Crippen molar-refractivity contribution >= 4 is 11.9 Å². The highest BCUT2D eigenvalue weighted by molar-refractivity contribution is 5.70. The van der Waals surface area contributed by atoms with Crippen molar-refractivity contribution in [2.75, 3.05) is 27.2 Å². The van der Waals surface area contributed by atoms with Gasteiger partial charge in [-0.1, -0.05) is 141 Å². The second-order valence-corrected chi connectivity index (χ2v) is 16.4. The minimum atomic E-state index is -0.509. The number of ether oxygens (including phenoxy) is 2. The van der Waals surface area contributed by atoms with Crippen LogP contribution in [0.1, 0.15) is 199 Å². The van der Waals surface area contributed by atoms with Crippen LogP contribution in [0.3, 0.4) is 0 Å². The first-order chi connectivity index (χ1) is 26.3. The molecule has 0 spiro atoms. The Morgan fingerprint density at radius 3 is 1.40 bits per heavy atom. The van der Waals surface area contributed by atoms with Crippen LogP contribution in [0.5, 0.6) is 5.75 Å². The third kappa shape index (κ3) is 34.8. The molecule has 0 heterocycles. The molecule has 0 aliphatic heterocycles. The third-order valence-corrected chi connectivity index (χ3v) is 10.3. The van der Waals surface area contributed by atoms with Crippen molar-refractivity contribution in [2.24, 2.45) is 0 Å². The summed E-state index contributed by atoms with van der Waals surface area (Å²) in [6, 6.07) is 7.21. The first kappa shape index (κ1) is 52.9. The van der Waals surface area contributed by atoms with E-state index in [1.807, 2.05) is 12.1 Å². The van der Waals surface area contributed by atoms with Crippen LogP contribution in [0.4, 0.5) is 0 Å². The molecule has 0 bridgehead atoms. The molecule has 1 N–H and O–H groups in total. The number of allylic oxidation sites excluding steroid dienone is 4. The Kier molecular flexibility index (Phi) is 36.0. The third-order valence-electron chi connectivity index (χ3n) is 10.3. The molecular weight excluding hydrogens is 750 g/mol. The number of halogens is 1. The van der Waals surface area contributed by atoms with Gasteiger partial charge >= 0.3 is 11.9 Å². The number of carbonyl (C=O) groups excluding carboxylic acids is 2. The quantitative estimate of drug-likeness (QED) is 0.0313. The lowest BCUT2D eigenvalue weighted by molar-refractivity contribution is -0.906. The number of hydrogen-bond acceptors (Lipinski definition) is 5. The molecule has 0 aliphatic rings. The summed E-state index contributed by atoms with van der Waals surface area (Å²) in [6.07, 6.45) is 41.4. The van der Waals surface area contributed by atoms with Crippen molar-refractivity contribution in [3.05, 3.63) is 54.1 Å². The van der Waals surface area contributed by atoms with E-state index in [2.05, 4.69) is 52.2 Å². The number of quaternary nitrogens is 1. The number of esters is 2. The fraction of sp³-hybridized carbons (Fsp3) is 0.750. The van der Waals surface area contributed by atoms with Gasteiger partial charge in [0.1, 0.15) is 25.4 Å². The average Bonchev–Trinajstić information content (AvgIpc) is 3.14. The number of hydrogen-bond donors (Lipinski definition) is 1. The number of benzene rings is 1. The van der Waals surface area contributed by atoms with Gasteiger partial charge in [0.25, 0.3) is 0 Å². The molecule has 0 radical (unpaired) electrons. The summed E-state index contributed by atoms with van der Waals surface area (Å²) in [5.41, 5.74) is 1.08. The summed E-state index contributed by atoms with van der Waals surface area (Å²) in [6.45, 7) is 5.84. The molecule has 1 atom stereocenters. The SMILES string of the molecule is CCCCCCCC/C=C\CCCCCCCC(=O)OCC(C[N+](C)(C)Cc1ccc(O)cc1)OC(=O)CCCCCCC/C=C\CCCCCCCC.[Br-]. The van der Waals surface area contributed by atoms with Crippen LogP contribution in [-0.2, 0) is 25.6 Å². The molecule has 0 aromatic heterocycles. The number of rotatable bonds is 37. The highest BCUT2D eigenvalue weighted by atomic mass is 79.9. The second-order valence-electron chi connectivity index (χ2n) is 16.4. The van der Waals surface area contributed by atoms with Gasteiger partial charge in [0.05, 0.1) is 14.1 Å². The molecule has 55 heavy (non-hydrogen) atoms. The summed E-state index contributed by atoms with van der Waals surface area (Å²) < 4.78 is 12.2. The maximum atomic E-state index is 12.9. The van der Waals surface area contributed by atoms with Crippen LogP contribution < -0.4 is 17.0 Å². The van der Waals surface area contributed by atoms with Gasteiger partial charge in [0, 0.05) is 18.4 Å². The number of phenols is 1. The number of unbranched alkanes of at least 4 members (excludes halogenated alkanes) is 22. The van der Waals surface area contributed by atoms with Gasteiger partial charge in [-0.05, 0) is 88.5 Å². The lowest BCUT2D eigenvalue weighted by Crippen LogP contribution is -3.00. The van der Waals surface area contributed by atoms with Crippen LogP contribution in [-0.4, -0.2) is 54.9 Å². The molecular formula is C48H84BrNO5. The first-order valence-electron chi connectivity index (χ1n) is 22.5. The van der Waals surface area contributed by atoms with Crippen LogP contribution in [0.2, 0.25) is 0 Å². The summed E-state index contributed by atoms with van der Waals surface area (Å²) in [5, 5.41) is 9.69. The van der Waals surface area contributed by atoms with Crippen molar-refractivity contribution in [3.63, 3.8) is 0 Å².